The summed E-state index contributed by atoms with van der Waals surface area (Å²) in [5.74, 6) is 0.606. The van der Waals surface area contributed by atoms with Crippen LogP contribution in [0, 0.1) is 5.92 Å². The van der Waals surface area contributed by atoms with Crippen molar-refractivity contribution in [2.45, 2.75) is 97.0 Å². The van der Waals surface area contributed by atoms with E-state index in [4.69, 9.17) is 9.84 Å². The average Bonchev–Trinajstić information content (AvgIpc) is 3.01. The second-order valence-electron chi connectivity index (χ2n) is 11.9. The molecule has 0 bridgehead atoms. The van der Waals surface area contributed by atoms with Gasteiger partial charge >= 0.3 is 5.97 Å². The van der Waals surface area contributed by atoms with Gasteiger partial charge in [-0.05, 0) is 77.4 Å². The Morgan fingerprint density at radius 1 is 0.833 bits per heavy atom. The average molecular weight is 565 g/mol. The van der Waals surface area contributed by atoms with Crippen LogP contribution in [0.4, 0.5) is 0 Å². The maximum Gasteiger partial charge on any atom is 0.330 e. The number of aliphatic carboxylic acids is 1. The van der Waals surface area contributed by atoms with E-state index in [-0.39, 0.29) is 11.2 Å². The molecule has 0 fully saturated rings. The monoisotopic (exact) mass is 564 g/mol. The largest absolute Gasteiger partial charge is 0.482 e. The molecule has 3 nitrogen and oxygen atoms in total. The summed E-state index contributed by atoms with van der Waals surface area (Å²) in [6.07, 6.45) is 14.1. The van der Waals surface area contributed by atoms with Crippen molar-refractivity contribution in [1.82, 2.24) is 0 Å². The van der Waals surface area contributed by atoms with Crippen LogP contribution >= 0.6 is 0 Å². The van der Waals surface area contributed by atoms with Crippen LogP contribution in [0.15, 0.2) is 91.0 Å². The predicted octanol–water partition coefficient (Wildman–Crippen LogP) is 11.0. The summed E-state index contributed by atoms with van der Waals surface area (Å²) < 4.78 is 7.08. The van der Waals surface area contributed by atoms with E-state index in [0.717, 1.165) is 18.6 Å². The smallest absolute Gasteiger partial charge is 0.330 e. The molecule has 1 aliphatic carbocycles. The molecule has 0 aliphatic heterocycles. The normalized spacial score (nSPS) is 17.7. The van der Waals surface area contributed by atoms with Crippen molar-refractivity contribution >= 4 is 27.5 Å². The number of rotatable bonds is 12. The first-order valence-electron chi connectivity index (χ1n) is 16.0. The van der Waals surface area contributed by atoms with Crippen molar-refractivity contribution in [1.29, 1.82) is 0 Å². The van der Waals surface area contributed by atoms with Crippen molar-refractivity contribution in [2.24, 2.45) is 5.92 Å². The van der Waals surface area contributed by atoms with Gasteiger partial charge in [-0.1, -0.05) is 132 Å². The Hall–Kier alpha value is -3.59. The van der Waals surface area contributed by atoms with Gasteiger partial charge in [-0.25, -0.2) is 4.79 Å². The molecule has 0 amide bonds. The van der Waals surface area contributed by atoms with E-state index in [0.29, 0.717) is 5.92 Å². The third-order valence-electron chi connectivity index (χ3n) is 8.99. The third-order valence-corrected chi connectivity index (χ3v) is 8.99. The van der Waals surface area contributed by atoms with Crippen LogP contribution in [0.3, 0.4) is 0 Å². The molecule has 0 radical (unpaired) electrons. The maximum atomic E-state index is 9.60. The molecule has 4 aromatic rings. The highest BCUT2D eigenvalue weighted by molar-refractivity contribution is 6.08. The number of aryl methyl sites for hydroxylation is 1. The molecule has 0 saturated heterocycles. The maximum absolute atomic E-state index is 9.60. The summed E-state index contributed by atoms with van der Waals surface area (Å²) in [5.41, 5.74) is 2.84. The molecule has 42 heavy (non-hydrogen) atoms. The zero-order chi connectivity index (χ0) is 30.0. The van der Waals surface area contributed by atoms with Crippen LogP contribution in [0.1, 0.15) is 96.1 Å². The number of carboxylic acids is 1. The lowest BCUT2D eigenvalue weighted by Crippen LogP contribution is -2.44. The first-order chi connectivity index (χ1) is 20.4. The lowest BCUT2D eigenvalue weighted by molar-refractivity contribution is -0.132. The van der Waals surface area contributed by atoms with Crippen LogP contribution < -0.4 is 4.74 Å². The number of unbranched alkanes of at least 4 members (excludes halogenated alkanes) is 6. The van der Waals surface area contributed by atoms with Gasteiger partial charge in [-0.2, -0.15) is 0 Å². The Morgan fingerprint density at radius 3 is 2.17 bits per heavy atom. The molecule has 222 valence electrons. The van der Waals surface area contributed by atoms with Gasteiger partial charge in [-0.3, -0.25) is 0 Å². The first-order valence-corrected chi connectivity index (χ1v) is 16.0. The number of hydrogen-bond acceptors (Lipinski definition) is 2. The van der Waals surface area contributed by atoms with Gasteiger partial charge in [0.2, 0.25) is 0 Å². The molecule has 0 spiro atoms. The Balaban J connectivity index is 0.000000612. The van der Waals surface area contributed by atoms with Gasteiger partial charge in [0.15, 0.2) is 0 Å². The SMILES string of the molecule is C=C(C)C(=O)O.CCCCCCCCCC1CCc2c(ccc3c2ccc2ccccc23)C1(CC)Oc1ccccc1. The minimum absolute atomic E-state index is 0.176. The second kappa shape index (κ2) is 15.0. The fourth-order valence-corrected chi connectivity index (χ4v) is 6.70. The van der Waals surface area contributed by atoms with Gasteiger partial charge < -0.3 is 9.84 Å². The zero-order valence-corrected chi connectivity index (χ0v) is 25.8. The summed E-state index contributed by atoms with van der Waals surface area (Å²) in [7, 11) is 0. The van der Waals surface area contributed by atoms with Crippen molar-refractivity contribution < 1.29 is 14.6 Å². The molecule has 1 N–H and O–H groups in total. The van der Waals surface area contributed by atoms with E-state index in [2.05, 4.69) is 99.3 Å². The fourth-order valence-electron chi connectivity index (χ4n) is 6.70. The minimum Gasteiger partial charge on any atom is -0.482 e. The minimum atomic E-state index is -0.935. The Labute approximate surface area is 252 Å². The van der Waals surface area contributed by atoms with E-state index >= 15 is 0 Å². The van der Waals surface area contributed by atoms with Crippen LogP contribution in [0.5, 0.6) is 5.75 Å². The van der Waals surface area contributed by atoms with Gasteiger partial charge in [0.05, 0.1) is 0 Å². The number of fused-ring (bicyclic) bond motifs is 5. The fraction of sp³-hybridized carbons (Fsp3) is 0.410. The van der Waals surface area contributed by atoms with E-state index in [9.17, 15) is 4.79 Å². The highest BCUT2D eigenvalue weighted by Crippen LogP contribution is 2.49. The molecule has 5 rings (SSSR count). The standard InChI is InChI=1S/C35H42O.C4H6O2/c1-3-5-6-7-8-9-11-17-28-22-24-33-32-23-21-27-16-14-15-20-30(27)31(32)25-26-34(33)35(28,4-2)36-29-18-12-10-13-19-29;1-3(2)4(5)6/h10,12-16,18-21,23,25-26,28H,3-9,11,17,22,24H2,1-2H3;1H2,2H3,(H,5,6). The van der Waals surface area contributed by atoms with Crippen molar-refractivity contribution in [3.05, 3.63) is 102 Å². The number of carboxylic acid groups (broad SMARTS) is 1. The van der Waals surface area contributed by atoms with Crippen molar-refractivity contribution in [2.75, 3.05) is 0 Å². The second-order valence-corrected chi connectivity index (χ2v) is 11.9. The summed E-state index contributed by atoms with van der Waals surface area (Å²) in [6.45, 7) is 9.23. The van der Waals surface area contributed by atoms with Gasteiger partial charge in [0.25, 0.3) is 0 Å². The van der Waals surface area contributed by atoms with Gasteiger partial charge in [0.1, 0.15) is 11.4 Å². The molecule has 0 heterocycles. The molecular formula is C39H48O3. The Bertz CT molecular complexity index is 1460. The lowest BCUT2D eigenvalue weighted by Gasteiger charge is -2.46. The number of benzene rings is 4. The summed E-state index contributed by atoms with van der Waals surface area (Å²) in [4.78, 5) is 9.60. The van der Waals surface area contributed by atoms with E-state index in [1.54, 1.807) is 0 Å². The molecule has 0 saturated carbocycles. The molecule has 2 unspecified atom stereocenters. The summed E-state index contributed by atoms with van der Waals surface area (Å²) in [5, 5.41) is 13.4. The summed E-state index contributed by atoms with van der Waals surface area (Å²) in [6, 6.07) is 28.8. The van der Waals surface area contributed by atoms with E-state index < -0.39 is 5.97 Å². The first kappa shape index (κ1) is 31.3. The van der Waals surface area contributed by atoms with Crippen molar-refractivity contribution in [3.63, 3.8) is 0 Å². The van der Waals surface area contributed by atoms with Gasteiger partial charge in [0, 0.05) is 11.5 Å². The topological polar surface area (TPSA) is 46.5 Å². The Kier molecular flexibility index (Phi) is 11.2. The third kappa shape index (κ3) is 7.24. The molecule has 3 heteroatoms. The summed E-state index contributed by atoms with van der Waals surface area (Å²) >= 11 is 0. The van der Waals surface area contributed by atoms with Crippen LogP contribution in [-0.2, 0) is 16.8 Å². The van der Waals surface area contributed by atoms with Crippen LogP contribution in [-0.4, -0.2) is 11.1 Å². The van der Waals surface area contributed by atoms with E-state index in [1.807, 2.05) is 0 Å². The highest BCUT2D eigenvalue weighted by atomic mass is 16.5. The number of para-hydroxylation sites is 1. The molecule has 1 aliphatic rings. The predicted molar refractivity (Wildman–Crippen MR) is 177 cm³/mol. The highest BCUT2D eigenvalue weighted by Gasteiger charge is 2.45. The molecule has 4 aromatic carbocycles. The number of carbonyl (C=O) groups is 1. The quantitative estimate of drug-likeness (QED) is 0.106. The number of ether oxygens (including phenoxy) is 1. The zero-order valence-electron chi connectivity index (χ0n) is 25.8. The number of hydrogen-bond donors (Lipinski definition) is 1. The van der Waals surface area contributed by atoms with Gasteiger partial charge in [-0.15, -0.1) is 0 Å². The lowest BCUT2D eigenvalue weighted by atomic mass is 9.67. The molecule has 0 aromatic heterocycles. The Morgan fingerprint density at radius 2 is 1.48 bits per heavy atom. The molecule has 2 atom stereocenters. The van der Waals surface area contributed by atoms with Crippen LogP contribution in [0.25, 0.3) is 21.5 Å². The van der Waals surface area contributed by atoms with Crippen LogP contribution in [0.2, 0.25) is 0 Å². The van der Waals surface area contributed by atoms with E-state index in [1.165, 1.54) is 97.4 Å². The van der Waals surface area contributed by atoms with Crippen molar-refractivity contribution in [3.8, 4) is 5.75 Å². The molecular weight excluding hydrogens is 516 g/mol.